The SMILES string of the molecule is CCOC(=O)C1=C(Br)C2C=CC1N2C(=O)OC(C)(C)C.CCOC(=O)C1CC2CCC1N2C(=O)OC(C)(C)C. The lowest BCUT2D eigenvalue weighted by molar-refractivity contribution is -0.149. The summed E-state index contributed by atoms with van der Waals surface area (Å²) < 4.78 is 21.6. The number of rotatable bonds is 4. The molecule has 2 saturated heterocycles. The van der Waals surface area contributed by atoms with E-state index in [1.54, 1.807) is 23.6 Å². The van der Waals surface area contributed by atoms with Gasteiger partial charge in [-0.2, -0.15) is 0 Å². The van der Waals surface area contributed by atoms with Crippen LogP contribution < -0.4 is 0 Å². The van der Waals surface area contributed by atoms with Crippen LogP contribution in [0.5, 0.6) is 0 Å². The predicted molar refractivity (Wildman–Crippen MR) is 147 cm³/mol. The Morgan fingerprint density at radius 2 is 1.38 bits per heavy atom. The number of amides is 2. The van der Waals surface area contributed by atoms with Crippen LogP contribution in [0.3, 0.4) is 0 Å². The zero-order valence-electron chi connectivity index (χ0n) is 24.1. The van der Waals surface area contributed by atoms with Crippen molar-refractivity contribution in [2.24, 2.45) is 5.92 Å². The molecule has 4 heterocycles. The lowest BCUT2D eigenvalue weighted by Crippen LogP contribution is -2.42. The lowest BCUT2D eigenvalue weighted by Gasteiger charge is -2.28. The Bertz CT molecular complexity index is 1040. The van der Waals surface area contributed by atoms with Crippen molar-refractivity contribution >= 4 is 40.1 Å². The second kappa shape index (κ2) is 11.9. The molecule has 4 aliphatic heterocycles. The van der Waals surface area contributed by atoms with Gasteiger partial charge in [0.25, 0.3) is 0 Å². The zero-order chi connectivity index (χ0) is 29.3. The number of esters is 2. The molecule has 2 fully saturated rings. The van der Waals surface area contributed by atoms with Gasteiger partial charge in [-0.1, -0.05) is 28.1 Å². The molecule has 0 aromatic heterocycles. The minimum Gasteiger partial charge on any atom is -0.466 e. The van der Waals surface area contributed by atoms with Crippen molar-refractivity contribution in [2.75, 3.05) is 13.2 Å². The summed E-state index contributed by atoms with van der Waals surface area (Å²) in [6, 6.07) is -0.606. The van der Waals surface area contributed by atoms with Gasteiger partial charge in [-0.15, -0.1) is 0 Å². The molecular formula is C28H41BrN2O8. The second-order valence-corrected chi connectivity index (χ2v) is 12.8. The molecule has 0 spiro atoms. The summed E-state index contributed by atoms with van der Waals surface area (Å²) in [7, 11) is 0. The summed E-state index contributed by atoms with van der Waals surface area (Å²) >= 11 is 3.40. The zero-order valence-corrected chi connectivity index (χ0v) is 25.7. The molecule has 0 saturated carbocycles. The van der Waals surface area contributed by atoms with Crippen LogP contribution in [-0.4, -0.2) is 82.5 Å². The molecular weight excluding hydrogens is 572 g/mol. The maximum absolute atomic E-state index is 12.3. The standard InChI is InChI=1S/C14H18BrNO4.C14H23NO4/c1-5-19-12(17)10-8-6-7-9(11(10)15)16(8)13(18)20-14(2,3)4;1-5-18-12(16)10-8-9-6-7-11(10)15(9)13(17)19-14(2,3)4/h6-9H,5H2,1-4H3;9-11H,5-8H2,1-4H3. The van der Waals surface area contributed by atoms with Gasteiger partial charge in [-0.25, -0.2) is 14.4 Å². The van der Waals surface area contributed by atoms with E-state index in [4.69, 9.17) is 18.9 Å². The molecule has 5 unspecified atom stereocenters. The highest BCUT2D eigenvalue weighted by molar-refractivity contribution is 9.11. The summed E-state index contributed by atoms with van der Waals surface area (Å²) in [5.74, 6) is -0.751. The molecule has 218 valence electrons. The smallest absolute Gasteiger partial charge is 0.411 e. The summed E-state index contributed by atoms with van der Waals surface area (Å²) in [6.45, 7) is 15.2. The monoisotopic (exact) mass is 612 g/mol. The second-order valence-electron chi connectivity index (χ2n) is 11.9. The molecule has 0 aliphatic carbocycles. The molecule has 39 heavy (non-hydrogen) atoms. The average Bonchev–Trinajstić information content (AvgIpc) is 3.55. The van der Waals surface area contributed by atoms with Crippen LogP contribution in [0.25, 0.3) is 0 Å². The van der Waals surface area contributed by atoms with E-state index in [2.05, 4.69) is 15.9 Å². The molecule has 4 rings (SSSR count). The van der Waals surface area contributed by atoms with Gasteiger partial charge in [-0.3, -0.25) is 9.69 Å². The molecule has 10 nitrogen and oxygen atoms in total. The van der Waals surface area contributed by atoms with Crippen LogP contribution in [0, 0.1) is 5.92 Å². The van der Waals surface area contributed by atoms with E-state index in [0.29, 0.717) is 29.7 Å². The maximum atomic E-state index is 12.3. The third kappa shape index (κ3) is 6.96. The fourth-order valence-electron chi connectivity index (χ4n) is 5.37. The normalized spacial score (nSPS) is 26.8. The molecule has 5 atom stereocenters. The molecule has 0 aromatic carbocycles. The molecule has 0 N–H and O–H groups in total. The number of halogens is 1. The van der Waals surface area contributed by atoms with E-state index in [1.165, 1.54) is 0 Å². The molecule has 0 aromatic rings. The van der Waals surface area contributed by atoms with Crippen molar-refractivity contribution in [3.63, 3.8) is 0 Å². The highest BCUT2D eigenvalue weighted by Gasteiger charge is 2.53. The Kier molecular flexibility index (Phi) is 9.45. The topological polar surface area (TPSA) is 112 Å². The van der Waals surface area contributed by atoms with Crippen molar-refractivity contribution < 1.29 is 38.1 Å². The van der Waals surface area contributed by atoms with E-state index in [1.807, 2.05) is 53.7 Å². The van der Waals surface area contributed by atoms with Crippen molar-refractivity contribution in [1.29, 1.82) is 0 Å². The first-order valence-electron chi connectivity index (χ1n) is 13.5. The fourth-order valence-corrected chi connectivity index (χ4v) is 6.14. The minimum atomic E-state index is -0.574. The Morgan fingerprint density at radius 1 is 0.846 bits per heavy atom. The lowest BCUT2D eigenvalue weighted by atomic mass is 9.89. The highest BCUT2D eigenvalue weighted by atomic mass is 79.9. The molecule has 0 radical (unpaired) electrons. The van der Waals surface area contributed by atoms with E-state index in [0.717, 1.165) is 12.8 Å². The minimum absolute atomic E-state index is 0.0427. The van der Waals surface area contributed by atoms with Gasteiger partial charge in [0.15, 0.2) is 0 Å². The van der Waals surface area contributed by atoms with Gasteiger partial charge < -0.3 is 23.8 Å². The third-order valence-electron chi connectivity index (χ3n) is 6.72. The Morgan fingerprint density at radius 3 is 1.92 bits per heavy atom. The Labute approximate surface area is 239 Å². The Hall–Kier alpha value is -2.56. The van der Waals surface area contributed by atoms with Crippen LogP contribution in [-0.2, 0) is 28.5 Å². The van der Waals surface area contributed by atoms with Gasteiger partial charge in [0, 0.05) is 16.6 Å². The average molecular weight is 614 g/mol. The largest absolute Gasteiger partial charge is 0.466 e. The van der Waals surface area contributed by atoms with Gasteiger partial charge in [0.1, 0.15) is 11.2 Å². The van der Waals surface area contributed by atoms with Crippen LogP contribution in [0.4, 0.5) is 9.59 Å². The molecule has 4 bridgehead atoms. The number of nitrogens with zero attached hydrogens (tertiary/aromatic N) is 2. The first-order chi connectivity index (χ1) is 18.1. The number of fused-ring (bicyclic) bond motifs is 4. The van der Waals surface area contributed by atoms with Gasteiger partial charge in [0.2, 0.25) is 0 Å². The number of carbonyl (C=O) groups excluding carboxylic acids is 4. The van der Waals surface area contributed by atoms with E-state index < -0.39 is 29.3 Å². The quantitative estimate of drug-likeness (QED) is 0.245. The number of hydrogen-bond acceptors (Lipinski definition) is 8. The highest BCUT2D eigenvalue weighted by Crippen LogP contribution is 2.43. The Balaban J connectivity index is 0.000000216. The van der Waals surface area contributed by atoms with Crippen LogP contribution in [0.15, 0.2) is 22.2 Å². The van der Waals surface area contributed by atoms with Crippen molar-refractivity contribution in [3.8, 4) is 0 Å². The summed E-state index contributed by atoms with van der Waals surface area (Å²) in [5, 5.41) is 0. The molecule has 2 amide bonds. The summed E-state index contributed by atoms with van der Waals surface area (Å²) in [4.78, 5) is 51.6. The van der Waals surface area contributed by atoms with E-state index in [9.17, 15) is 19.2 Å². The predicted octanol–water partition coefficient (Wildman–Crippen LogP) is 5.09. The van der Waals surface area contributed by atoms with E-state index in [-0.39, 0.29) is 36.1 Å². The van der Waals surface area contributed by atoms with Crippen molar-refractivity contribution in [1.82, 2.24) is 9.80 Å². The summed E-state index contributed by atoms with van der Waals surface area (Å²) in [5.41, 5.74) is -0.598. The van der Waals surface area contributed by atoms with Crippen molar-refractivity contribution in [2.45, 2.75) is 110 Å². The first kappa shape index (κ1) is 31.0. The molecule has 4 aliphatic rings. The fraction of sp³-hybridized carbons (Fsp3) is 0.714. The molecule has 11 heteroatoms. The number of hydrogen-bond donors (Lipinski definition) is 0. The third-order valence-corrected chi connectivity index (χ3v) is 7.61. The van der Waals surface area contributed by atoms with Gasteiger partial charge in [-0.05, 0) is 74.7 Å². The van der Waals surface area contributed by atoms with Crippen LogP contribution in [0.2, 0.25) is 0 Å². The van der Waals surface area contributed by atoms with Crippen LogP contribution >= 0.6 is 15.9 Å². The van der Waals surface area contributed by atoms with Gasteiger partial charge in [0.05, 0.1) is 36.8 Å². The number of carbonyl (C=O) groups is 4. The van der Waals surface area contributed by atoms with E-state index >= 15 is 0 Å². The summed E-state index contributed by atoms with van der Waals surface area (Å²) in [6.07, 6.45) is 5.50. The maximum Gasteiger partial charge on any atom is 0.411 e. The first-order valence-corrected chi connectivity index (χ1v) is 14.3. The van der Waals surface area contributed by atoms with Gasteiger partial charge >= 0.3 is 24.1 Å². The van der Waals surface area contributed by atoms with Crippen LogP contribution in [0.1, 0.15) is 74.7 Å². The van der Waals surface area contributed by atoms with Crippen molar-refractivity contribution in [3.05, 3.63) is 22.2 Å². The number of ether oxygens (including phenoxy) is 4.